The number of hydrogen-bond donors (Lipinski definition) is 0. The van der Waals surface area contributed by atoms with Crippen molar-refractivity contribution >= 4 is 0 Å². The Morgan fingerprint density at radius 3 is 1.68 bits per heavy atom. The second-order valence-corrected chi connectivity index (χ2v) is 3.94. The van der Waals surface area contributed by atoms with Crippen molar-refractivity contribution in [3.05, 3.63) is 34.9 Å². The zero-order valence-electron chi connectivity index (χ0n) is 10.2. The van der Waals surface area contributed by atoms with Gasteiger partial charge in [0.05, 0.1) is 17.2 Å². The normalized spacial score (nSPS) is 14.5. The summed E-state index contributed by atoms with van der Waals surface area (Å²) in [5.41, 5.74) is -2.81. The minimum absolute atomic E-state index is 0.0994. The Kier molecular flexibility index (Phi) is 4.50. The molecule has 0 N–H and O–H groups in total. The van der Waals surface area contributed by atoms with Gasteiger partial charge >= 0.3 is 12.4 Å². The van der Waals surface area contributed by atoms with Crippen molar-refractivity contribution in [2.75, 3.05) is 6.61 Å². The molecule has 0 spiro atoms. The van der Waals surface area contributed by atoms with Crippen LogP contribution < -0.4 is 0 Å². The molecule has 0 saturated carbocycles. The van der Waals surface area contributed by atoms with E-state index in [1.54, 1.807) is 6.92 Å². The van der Waals surface area contributed by atoms with E-state index >= 15 is 0 Å². The van der Waals surface area contributed by atoms with Crippen LogP contribution in [-0.2, 0) is 17.1 Å². The first-order valence-electron chi connectivity index (χ1n) is 5.46. The van der Waals surface area contributed by atoms with Crippen LogP contribution in [0.4, 0.5) is 26.3 Å². The fourth-order valence-corrected chi connectivity index (χ4v) is 1.56. The van der Waals surface area contributed by atoms with E-state index in [4.69, 9.17) is 4.74 Å². The van der Waals surface area contributed by atoms with Gasteiger partial charge in [0.1, 0.15) is 0 Å². The van der Waals surface area contributed by atoms with Crippen LogP contribution in [-0.4, -0.2) is 6.61 Å². The molecule has 0 radical (unpaired) electrons. The van der Waals surface area contributed by atoms with E-state index in [1.807, 2.05) is 0 Å². The molecule has 0 heterocycles. The minimum atomic E-state index is -4.83. The second kappa shape index (κ2) is 5.40. The van der Waals surface area contributed by atoms with Gasteiger partial charge in [-0.2, -0.15) is 26.3 Å². The second-order valence-electron chi connectivity index (χ2n) is 3.94. The van der Waals surface area contributed by atoms with Crippen molar-refractivity contribution in [3.63, 3.8) is 0 Å². The summed E-state index contributed by atoms with van der Waals surface area (Å²) >= 11 is 0. The highest BCUT2D eigenvalue weighted by atomic mass is 19.4. The van der Waals surface area contributed by atoms with Crippen LogP contribution in [0.25, 0.3) is 0 Å². The van der Waals surface area contributed by atoms with Gasteiger partial charge in [-0.15, -0.1) is 0 Å². The number of hydrogen-bond acceptors (Lipinski definition) is 1. The number of ether oxygens (including phenoxy) is 1. The van der Waals surface area contributed by atoms with Gasteiger partial charge in [-0.3, -0.25) is 0 Å². The summed E-state index contributed by atoms with van der Waals surface area (Å²) in [6.07, 6.45) is -10.5. The molecule has 0 saturated heterocycles. The summed E-state index contributed by atoms with van der Waals surface area (Å²) in [5.74, 6) is 0. The fraction of sp³-hybridized carbons (Fsp3) is 0.500. The molecule has 1 nitrogen and oxygen atoms in total. The van der Waals surface area contributed by atoms with Crippen molar-refractivity contribution in [1.82, 2.24) is 0 Å². The highest BCUT2D eigenvalue weighted by molar-refractivity contribution is 5.34. The third-order valence-corrected chi connectivity index (χ3v) is 2.50. The number of halogens is 6. The average Bonchev–Trinajstić information content (AvgIpc) is 2.26. The molecule has 19 heavy (non-hydrogen) atoms. The smallest absolute Gasteiger partial charge is 0.374 e. The minimum Gasteiger partial charge on any atom is -0.374 e. The van der Waals surface area contributed by atoms with Crippen LogP contribution in [0.3, 0.4) is 0 Å². The van der Waals surface area contributed by atoms with Crippen LogP contribution in [0.1, 0.15) is 36.6 Å². The van der Waals surface area contributed by atoms with Gasteiger partial charge in [0.15, 0.2) is 0 Å². The fourth-order valence-electron chi connectivity index (χ4n) is 1.56. The molecular weight excluding hydrogens is 274 g/mol. The maximum atomic E-state index is 12.6. The predicted molar refractivity (Wildman–Crippen MR) is 56.5 cm³/mol. The van der Waals surface area contributed by atoms with Gasteiger partial charge in [-0.1, -0.05) is 0 Å². The molecule has 108 valence electrons. The van der Waals surface area contributed by atoms with Gasteiger partial charge in [0.2, 0.25) is 0 Å². The molecule has 0 aromatic heterocycles. The Bertz CT molecular complexity index is 403. The van der Waals surface area contributed by atoms with Crippen molar-refractivity contribution in [2.45, 2.75) is 32.3 Å². The Morgan fingerprint density at radius 1 is 0.947 bits per heavy atom. The van der Waals surface area contributed by atoms with Crippen molar-refractivity contribution in [2.24, 2.45) is 0 Å². The summed E-state index contributed by atoms with van der Waals surface area (Å²) in [6, 6.07) is 1.45. The Balaban J connectivity index is 3.33. The van der Waals surface area contributed by atoms with Gasteiger partial charge in [0, 0.05) is 6.61 Å². The molecule has 0 bridgehead atoms. The van der Waals surface area contributed by atoms with Gasteiger partial charge < -0.3 is 4.74 Å². The van der Waals surface area contributed by atoms with Gasteiger partial charge in [-0.05, 0) is 37.6 Å². The Labute approximate surface area is 106 Å². The van der Waals surface area contributed by atoms with E-state index in [9.17, 15) is 26.3 Å². The summed E-state index contributed by atoms with van der Waals surface area (Å²) in [5, 5.41) is 0. The van der Waals surface area contributed by atoms with Gasteiger partial charge in [-0.25, -0.2) is 0 Å². The molecule has 1 unspecified atom stereocenters. The SMILES string of the molecule is CCOC(C)c1cc(C(F)(F)F)cc(C(F)(F)F)c1. The summed E-state index contributed by atoms with van der Waals surface area (Å²) in [4.78, 5) is 0. The van der Waals surface area contributed by atoms with Gasteiger partial charge in [0.25, 0.3) is 0 Å². The molecule has 7 heteroatoms. The van der Waals surface area contributed by atoms with E-state index in [-0.39, 0.29) is 18.2 Å². The molecule has 0 aliphatic rings. The lowest BCUT2D eigenvalue weighted by molar-refractivity contribution is -0.143. The first kappa shape index (κ1) is 15.8. The van der Waals surface area contributed by atoms with Crippen LogP contribution >= 0.6 is 0 Å². The summed E-state index contributed by atoms with van der Waals surface area (Å²) < 4.78 is 80.5. The first-order valence-corrected chi connectivity index (χ1v) is 5.46. The molecule has 1 aromatic carbocycles. The molecule has 0 fully saturated rings. The monoisotopic (exact) mass is 286 g/mol. The first-order chi connectivity index (χ1) is 8.55. The third kappa shape index (κ3) is 4.12. The van der Waals surface area contributed by atoms with Crippen LogP contribution in [0.15, 0.2) is 18.2 Å². The van der Waals surface area contributed by atoms with E-state index < -0.39 is 29.6 Å². The lowest BCUT2D eigenvalue weighted by atomic mass is 10.0. The molecule has 0 aliphatic heterocycles. The standard InChI is InChI=1S/C12H12F6O/c1-3-19-7(2)8-4-9(11(13,14)15)6-10(5-8)12(16,17)18/h4-7H,3H2,1-2H3. The highest BCUT2D eigenvalue weighted by Crippen LogP contribution is 2.37. The highest BCUT2D eigenvalue weighted by Gasteiger charge is 2.37. The predicted octanol–water partition coefficient (Wildman–Crippen LogP) is 4.82. The Morgan fingerprint density at radius 2 is 1.37 bits per heavy atom. The molecule has 0 aliphatic carbocycles. The van der Waals surface area contributed by atoms with Crippen LogP contribution in [0.5, 0.6) is 0 Å². The zero-order valence-corrected chi connectivity index (χ0v) is 10.2. The number of benzene rings is 1. The van der Waals surface area contributed by atoms with Crippen LogP contribution in [0, 0.1) is 0 Å². The summed E-state index contributed by atoms with van der Waals surface area (Å²) in [6.45, 7) is 3.20. The molecule has 0 amide bonds. The molecular formula is C12H12F6O. The van der Waals surface area contributed by atoms with Crippen LogP contribution in [0.2, 0.25) is 0 Å². The van der Waals surface area contributed by atoms with Crippen molar-refractivity contribution in [1.29, 1.82) is 0 Å². The van der Waals surface area contributed by atoms with E-state index in [1.165, 1.54) is 6.92 Å². The van der Waals surface area contributed by atoms with Crippen molar-refractivity contribution < 1.29 is 31.1 Å². The van der Waals surface area contributed by atoms with Crippen molar-refractivity contribution in [3.8, 4) is 0 Å². The Hall–Kier alpha value is -1.24. The number of rotatable bonds is 3. The quantitative estimate of drug-likeness (QED) is 0.724. The largest absolute Gasteiger partial charge is 0.416 e. The number of alkyl halides is 6. The average molecular weight is 286 g/mol. The molecule has 1 aromatic rings. The third-order valence-electron chi connectivity index (χ3n) is 2.50. The summed E-state index contributed by atoms with van der Waals surface area (Å²) in [7, 11) is 0. The zero-order chi connectivity index (χ0) is 14.8. The van der Waals surface area contributed by atoms with E-state index in [0.29, 0.717) is 12.1 Å². The molecule has 1 rings (SSSR count). The molecule has 1 atom stereocenters. The lowest BCUT2D eigenvalue weighted by Gasteiger charge is -2.17. The maximum absolute atomic E-state index is 12.6. The topological polar surface area (TPSA) is 9.23 Å². The lowest BCUT2D eigenvalue weighted by Crippen LogP contribution is -2.13. The van der Waals surface area contributed by atoms with E-state index in [0.717, 1.165) is 0 Å². The maximum Gasteiger partial charge on any atom is 0.416 e. The van der Waals surface area contributed by atoms with E-state index in [2.05, 4.69) is 0 Å².